The van der Waals surface area contributed by atoms with Crippen LogP contribution >= 0.6 is 0 Å². The second kappa shape index (κ2) is 8.86. The maximum absolute atomic E-state index is 12.6. The Hall–Kier alpha value is -3.55. The van der Waals surface area contributed by atoms with Crippen molar-refractivity contribution in [3.05, 3.63) is 65.8 Å². The van der Waals surface area contributed by atoms with Crippen molar-refractivity contribution < 1.29 is 4.79 Å². The van der Waals surface area contributed by atoms with Crippen LogP contribution in [0.3, 0.4) is 0 Å². The molecule has 8 heteroatoms. The highest BCUT2D eigenvalue weighted by Crippen LogP contribution is 2.27. The van der Waals surface area contributed by atoms with Crippen molar-refractivity contribution in [3.8, 4) is 0 Å². The van der Waals surface area contributed by atoms with Crippen molar-refractivity contribution in [1.29, 1.82) is 0 Å². The van der Waals surface area contributed by atoms with Gasteiger partial charge in [0.15, 0.2) is 0 Å². The summed E-state index contributed by atoms with van der Waals surface area (Å²) in [4.78, 5) is 35.1. The number of carbonyl (C=O) groups is 1. The molecule has 0 aliphatic carbocycles. The third kappa shape index (κ3) is 4.89. The minimum atomic E-state index is 0.00221. The van der Waals surface area contributed by atoms with E-state index in [4.69, 9.17) is 0 Å². The number of imidazole rings is 1. The SMILES string of the molecule is Cc1cccc(Nc2cc(C3CCCN(C(=O)/C=C/c4cnc[nH]4)C3)nc(C)n2)n1. The van der Waals surface area contributed by atoms with E-state index in [-0.39, 0.29) is 11.8 Å². The quantitative estimate of drug-likeness (QED) is 0.634. The molecular formula is C22H25N7O. The van der Waals surface area contributed by atoms with Crippen molar-refractivity contribution in [2.75, 3.05) is 18.4 Å². The van der Waals surface area contributed by atoms with Crippen LogP contribution in [0.15, 0.2) is 42.9 Å². The molecule has 0 spiro atoms. The van der Waals surface area contributed by atoms with Crippen molar-refractivity contribution in [2.24, 2.45) is 0 Å². The van der Waals surface area contributed by atoms with E-state index in [1.807, 2.05) is 43.0 Å². The highest BCUT2D eigenvalue weighted by Gasteiger charge is 2.25. The summed E-state index contributed by atoms with van der Waals surface area (Å²) in [5, 5.41) is 3.27. The summed E-state index contributed by atoms with van der Waals surface area (Å²) in [5.41, 5.74) is 2.70. The zero-order valence-electron chi connectivity index (χ0n) is 17.2. The first-order chi connectivity index (χ1) is 14.6. The van der Waals surface area contributed by atoms with Crippen molar-refractivity contribution in [3.63, 3.8) is 0 Å². The smallest absolute Gasteiger partial charge is 0.246 e. The molecule has 1 saturated heterocycles. The normalized spacial score (nSPS) is 16.7. The van der Waals surface area contributed by atoms with Crippen LogP contribution in [0.4, 0.5) is 11.6 Å². The first-order valence-electron chi connectivity index (χ1n) is 10.1. The van der Waals surface area contributed by atoms with E-state index >= 15 is 0 Å². The van der Waals surface area contributed by atoms with Crippen LogP contribution in [0, 0.1) is 13.8 Å². The number of amides is 1. The van der Waals surface area contributed by atoms with Gasteiger partial charge in [-0.15, -0.1) is 0 Å². The van der Waals surface area contributed by atoms with Crippen LogP contribution in [0.1, 0.15) is 41.7 Å². The average molecular weight is 403 g/mol. The maximum atomic E-state index is 12.6. The van der Waals surface area contributed by atoms with E-state index in [1.54, 1.807) is 24.7 Å². The van der Waals surface area contributed by atoms with Crippen LogP contribution in [0.5, 0.6) is 0 Å². The number of likely N-dealkylation sites (tertiary alicyclic amines) is 1. The Kier molecular flexibility index (Phi) is 5.83. The summed E-state index contributed by atoms with van der Waals surface area (Å²) in [5.74, 6) is 2.35. The molecule has 0 bridgehead atoms. The standard InChI is InChI=1S/C22H25N7O/c1-15-5-3-7-20(25-15)28-21-11-19(26-16(2)27-21)17-6-4-10-29(13-17)22(30)9-8-18-12-23-14-24-18/h3,5,7-9,11-12,14,17H,4,6,10,13H2,1-2H3,(H,23,24)(H,25,26,27,28)/b9-8+. The number of aryl methyl sites for hydroxylation is 2. The van der Waals surface area contributed by atoms with Crippen molar-refractivity contribution >= 4 is 23.6 Å². The lowest BCUT2D eigenvalue weighted by Crippen LogP contribution is -2.38. The van der Waals surface area contributed by atoms with E-state index in [9.17, 15) is 4.79 Å². The van der Waals surface area contributed by atoms with Gasteiger partial charge in [0.1, 0.15) is 17.5 Å². The Labute approximate surface area is 175 Å². The molecule has 154 valence electrons. The minimum Gasteiger partial charge on any atom is -0.345 e. The molecule has 2 N–H and O–H groups in total. The molecule has 1 amide bonds. The molecule has 1 unspecified atom stereocenters. The molecule has 0 radical (unpaired) electrons. The highest BCUT2D eigenvalue weighted by molar-refractivity contribution is 5.91. The molecule has 4 rings (SSSR count). The lowest BCUT2D eigenvalue weighted by Gasteiger charge is -2.32. The molecule has 1 aliphatic rings. The lowest BCUT2D eigenvalue weighted by molar-refractivity contribution is -0.127. The van der Waals surface area contributed by atoms with Crippen LogP contribution in [0.25, 0.3) is 6.08 Å². The predicted octanol–water partition coefficient (Wildman–Crippen LogP) is 3.37. The van der Waals surface area contributed by atoms with Crippen LogP contribution in [-0.2, 0) is 4.79 Å². The monoisotopic (exact) mass is 403 g/mol. The van der Waals surface area contributed by atoms with Gasteiger partial charge in [0, 0.05) is 36.8 Å². The van der Waals surface area contributed by atoms with Gasteiger partial charge in [0.25, 0.3) is 0 Å². The second-order valence-corrected chi connectivity index (χ2v) is 7.48. The topological polar surface area (TPSA) is 99.7 Å². The number of carbonyl (C=O) groups excluding carboxylic acids is 1. The number of H-pyrrole nitrogens is 1. The molecule has 1 atom stereocenters. The number of piperidine rings is 1. The van der Waals surface area contributed by atoms with Gasteiger partial charge in [0.2, 0.25) is 5.91 Å². The largest absolute Gasteiger partial charge is 0.345 e. The third-order valence-corrected chi connectivity index (χ3v) is 5.08. The number of aromatic amines is 1. The molecule has 1 aliphatic heterocycles. The van der Waals surface area contributed by atoms with Gasteiger partial charge in [0.05, 0.1) is 23.9 Å². The fourth-order valence-electron chi connectivity index (χ4n) is 3.65. The van der Waals surface area contributed by atoms with E-state index in [0.29, 0.717) is 12.4 Å². The molecule has 0 saturated carbocycles. The highest BCUT2D eigenvalue weighted by atomic mass is 16.2. The number of nitrogens with zero attached hydrogens (tertiary/aromatic N) is 5. The minimum absolute atomic E-state index is 0.00221. The van der Waals surface area contributed by atoms with E-state index < -0.39 is 0 Å². The number of nitrogens with one attached hydrogen (secondary N) is 2. The summed E-state index contributed by atoms with van der Waals surface area (Å²) in [6, 6.07) is 7.80. The average Bonchev–Trinajstić information content (AvgIpc) is 3.25. The zero-order valence-corrected chi connectivity index (χ0v) is 17.2. The van der Waals surface area contributed by atoms with Crippen LogP contribution < -0.4 is 5.32 Å². The molecule has 3 aromatic rings. The Morgan fingerprint density at radius 2 is 2.13 bits per heavy atom. The molecule has 30 heavy (non-hydrogen) atoms. The first-order valence-corrected chi connectivity index (χ1v) is 10.1. The van der Waals surface area contributed by atoms with Gasteiger partial charge in [-0.3, -0.25) is 4.79 Å². The second-order valence-electron chi connectivity index (χ2n) is 7.48. The number of hydrogen-bond donors (Lipinski definition) is 2. The van der Waals surface area contributed by atoms with E-state index in [0.717, 1.165) is 48.1 Å². The molecular weight excluding hydrogens is 378 g/mol. The number of rotatable bonds is 5. The van der Waals surface area contributed by atoms with Crippen LogP contribution in [0.2, 0.25) is 0 Å². The fraction of sp³-hybridized carbons (Fsp3) is 0.318. The number of hydrogen-bond acceptors (Lipinski definition) is 6. The van der Waals surface area contributed by atoms with Gasteiger partial charge < -0.3 is 15.2 Å². The van der Waals surface area contributed by atoms with Crippen molar-refractivity contribution in [1.82, 2.24) is 29.8 Å². The van der Waals surface area contributed by atoms with Crippen molar-refractivity contribution in [2.45, 2.75) is 32.6 Å². The van der Waals surface area contributed by atoms with E-state index in [1.165, 1.54) is 0 Å². The lowest BCUT2D eigenvalue weighted by atomic mass is 9.94. The zero-order chi connectivity index (χ0) is 20.9. The number of aromatic nitrogens is 5. The Bertz CT molecular complexity index is 1050. The Morgan fingerprint density at radius 1 is 1.23 bits per heavy atom. The summed E-state index contributed by atoms with van der Waals surface area (Å²) in [6.45, 7) is 5.24. The first kappa shape index (κ1) is 19.8. The summed E-state index contributed by atoms with van der Waals surface area (Å²) >= 11 is 0. The molecule has 3 aromatic heterocycles. The Morgan fingerprint density at radius 3 is 2.93 bits per heavy atom. The molecule has 0 aromatic carbocycles. The summed E-state index contributed by atoms with van der Waals surface area (Å²) in [7, 11) is 0. The number of pyridine rings is 1. The van der Waals surface area contributed by atoms with Gasteiger partial charge in [-0.05, 0) is 44.9 Å². The van der Waals surface area contributed by atoms with Gasteiger partial charge in [-0.2, -0.15) is 0 Å². The number of anilines is 2. The summed E-state index contributed by atoms with van der Waals surface area (Å²) in [6.07, 6.45) is 8.56. The maximum Gasteiger partial charge on any atom is 0.246 e. The summed E-state index contributed by atoms with van der Waals surface area (Å²) < 4.78 is 0. The molecule has 1 fully saturated rings. The Balaban J connectivity index is 1.47. The van der Waals surface area contributed by atoms with Crippen LogP contribution in [-0.4, -0.2) is 48.8 Å². The van der Waals surface area contributed by atoms with Gasteiger partial charge >= 0.3 is 0 Å². The third-order valence-electron chi connectivity index (χ3n) is 5.08. The van der Waals surface area contributed by atoms with E-state index in [2.05, 4.69) is 30.2 Å². The molecule has 8 nitrogen and oxygen atoms in total. The van der Waals surface area contributed by atoms with Gasteiger partial charge in [-0.25, -0.2) is 19.9 Å². The predicted molar refractivity (Wildman–Crippen MR) is 115 cm³/mol. The molecule has 4 heterocycles. The fourth-order valence-corrected chi connectivity index (χ4v) is 3.65. The van der Waals surface area contributed by atoms with Gasteiger partial charge in [-0.1, -0.05) is 6.07 Å².